The van der Waals surface area contributed by atoms with E-state index in [0.717, 1.165) is 31.5 Å². The van der Waals surface area contributed by atoms with Crippen molar-refractivity contribution >= 4 is 11.8 Å². The molecule has 32 heavy (non-hydrogen) atoms. The van der Waals surface area contributed by atoms with E-state index in [0.29, 0.717) is 49.8 Å². The van der Waals surface area contributed by atoms with Gasteiger partial charge < -0.3 is 19.7 Å². The van der Waals surface area contributed by atoms with E-state index in [2.05, 4.69) is 24.1 Å². The zero-order valence-electron chi connectivity index (χ0n) is 19.4. The Bertz CT molecular complexity index is 833. The first-order chi connectivity index (χ1) is 15.6. The maximum absolute atomic E-state index is 12.3. The van der Waals surface area contributed by atoms with Gasteiger partial charge in [-0.05, 0) is 43.9 Å². The number of amides is 2. The molecule has 1 aromatic heterocycles. The molecular weight excluding hydrogens is 406 g/mol. The van der Waals surface area contributed by atoms with Gasteiger partial charge in [0.1, 0.15) is 0 Å². The topological polar surface area (TPSA) is 80.8 Å². The standard InChI is InChI=1S/C25H35N3O4/c1-4-16-28(17-5-2)25(30)13-9-12-23(29)26-18-20-14-15-24(27-19-20)32-22-11-8-7-10-21(22)31-6-3/h7-8,10-11,14-15,19H,4-6,9,12-13,16-18H2,1-3H3,(H,26,29). The van der Waals surface area contributed by atoms with Gasteiger partial charge in [-0.25, -0.2) is 4.98 Å². The summed E-state index contributed by atoms with van der Waals surface area (Å²) in [4.78, 5) is 30.6. The molecule has 0 aliphatic rings. The lowest BCUT2D eigenvalue weighted by atomic mass is 10.2. The van der Waals surface area contributed by atoms with Gasteiger partial charge in [-0.15, -0.1) is 0 Å². The van der Waals surface area contributed by atoms with Crippen molar-refractivity contribution < 1.29 is 19.1 Å². The molecule has 2 rings (SSSR count). The Morgan fingerprint density at radius 2 is 1.69 bits per heavy atom. The molecule has 0 radical (unpaired) electrons. The third-order valence-corrected chi connectivity index (χ3v) is 4.79. The summed E-state index contributed by atoms with van der Waals surface area (Å²) in [5.41, 5.74) is 0.872. The van der Waals surface area contributed by atoms with E-state index in [4.69, 9.17) is 9.47 Å². The highest BCUT2D eigenvalue weighted by molar-refractivity contribution is 5.79. The molecule has 7 nitrogen and oxygen atoms in total. The largest absolute Gasteiger partial charge is 0.490 e. The number of hydrogen-bond acceptors (Lipinski definition) is 5. The highest BCUT2D eigenvalue weighted by Crippen LogP contribution is 2.30. The molecule has 2 amide bonds. The van der Waals surface area contributed by atoms with Crippen LogP contribution in [0.4, 0.5) is 0 Å². The van der Waals surface area contributed by atoms with Gasteiger partial charge in [0.25, 0.3) is 0 Å². The summed E-state index contributed by atoms with van der Waals surface area (Å²) in [6, 6.07) is 11.1. The van der Waals surface area contributed by atoms with E-state index in [-0.39, 0.29) is 11.8 Å². The van der Waals surface area contributed by atoms with E-state index >= 15 is 0 Å². The monoisotopic (exact) mass is 441 g/mol. The molecule has 1 N–H and O–H groups in total. The predicted octanol–water partition coefficient (Wildman–Crippen LogP) is 4.71. The summed E-state index contributed by atoms with van der Waals surface area (Å²) < 4.78 is 11.4. The number of nitrogens with one attached hydrogen (secondary N) is 1. The van der Waals surface area contributed by atoms with Gasteiger partial charge in [0.05, 0.1) is 6.61 Å². The van der Waals surface area contributed by atoms with Crippen molar-refractivity contribution in [2.75, 3.05) is 19.7 Å². The third kappa shape index (κ3) is 8.57. The molecule has 0 aliphatic carbocycles. The molecule has 0 spiro atoms. The lowest BCUT2D eigenvalue weighted by molar-refractivity contribution is -0.131. The number of carbonyl (C=O) groups excluding carboxylic acids is 2. The first-order valence-corrected chi connectivity index (χ1v) is 11.5. The molecule has 174 valence electrons. The number of ether oxygens (including phenoxy) is 2. The van der Waals surface area contributed by atoms with Crippen LogP contribution in [0, 0.1) is 0 Å². The lowest BCUT2D eigenvalue weighted by Crippen LogP contribution is -2.32. The van der Waals surface area contributed by atoms with E-state index in [9.17, 15) is 9.59 Å². The Labute approximate surface area is 191 Å². The van der Waals surface area contributed by atoms with Gasteiger partial charge >= 0.3 is 0 Å². The Kier molecular flexibility index (Phi) is 11.1. The fourth-order valence-corrected chi connectivity index (χ4v) is 3.25. The van der Waals surface area contributed by atoms with Crippen LogP contribution in [0.2, 0.25) is 0 Å². The first-order valence-electron chi connectivity index (χ1n) is 11.5. The molecule has 0 aliphatic heterocycles. The predicted molar refractivity (Wildman–Crippen MR) is 125 cm³/mol. The zero-order valence-corrected chi connectivity index (χ0v) is 19.4. The normalized spacial score (nSPS) is 10.5. The summed E-state index contributed by atoms with van der Waals surface area (Å²) in [5.74, 6) is 1.79. The van der Waals surface area contributed by atoms with Crippen LogP contribution in [0.25, 0.3) is 0 Å². The number of aromatic nitrogens is 1. The average Bonchev–Trinajstić information content (AvgIpc) is 2.80. The third-order valence-electron chi connectivity index (χ3n) is 4.79. The molecule has 0 saturated heterocycles. The van der Waals surface area contributed by atoms with Crippen molar-refractivity contribution in [1.29, 1.82) is 0 Å². The highest BCUT2D eigenvalue weighted by atomic mass is 16.5. The van der Waals surface area contributed by atoms with Crippen molar-refractivity contribution in [1.82, 2.24) is 15.2 Å². The molecule has 1 aromatic carbocycles. The molecule has 0 fully saturated rings. The fourth-order valence-electron chi connectivity index (χ4n) is 3.25. The smallest absolute Gasteiger partial charge is 0.222 e. The van der Waals surface area contributed by atoms with Crippen LogP contribution in [0.3, 0.4) is 0 Å². The van der Waals surface area contributed by atoms with E-state index < -0.39 is 0 Å². The molecule has 2 aromatic rings. The molecule has 0 saturated carbocycles. The lowest BCUT2D eigenvalue weighted by Gasteiger charge is -2.21. The number of benzene rings is 1. The number of nitrogens with zero attached hydrogens (tertiary/aromatic N) is 2. The second kappa shape index (κ2) is 14.1. The minimum Gasteiger partial charge on any atom is -0.490 e. The van der Waals surface area contributed by atoms with Gasteiger partial charge in [0.2, 0.25) is 17.7 Å². The van der Waals surface area contributed by atoms with E-state index in [1.165, 1.54) is 0 Å². The second-order valence-electron chi connectivity index (χ2n) is 7.50. The van der Waals surface area contributed by atoms with Crippen molar-refractivity contribution in [2.45, 2.75) is 59.4 Å². The van der Waals surface area contributed by atoms with E-state index in [1.54, 1.807) is 12.3 Å². The molecule has 0 atom stereocenters. The second-order valence-corrected chi connectivity index (χ2v) is 7.50. The molecule has 7 heteroatoms. The van der Waals surface area contributed by atoms with Crippen LogP contribution >= 0.6 is 0 Å². The van der Waals surface area contributed by atoms with Gasteiger partial charge in [-0.2, -0.15) is 0 Å². The van der Waals surface area contributed by atoms with E-state index in [1.807, 2.05) is 42.2 Å². The summed E-state index contributed by atoms with van der Waals surface area (Å²) in [7, 11) is 0. The molecular formula is C25H35N3O4. The van der Waals surface area contributed by atoms with Crippen molar-refractivity contribution in [2.24, 2.45) is 0 Å². The Balaban J connectivity index is 1.75. The summed E-state index contributed by atoms with van der Waals surface area (Å²) >= 11 is 0. The number of pyridine rings is 1. The van der Waals surface area contributed by atoms with Crippen molar-refractivity contribution in [3.05, 3.63) is 48.2 Å². The zero-order chi connectivity index (χ0) is 23.2. The Morgan fingerprint density at radius 3 is 2.31 bits per heavy atom. The number of para-hydroxylation sites is 2. The minimum atomic E-state index is -0.0682. The molecule has 1 heterocycles. The maximum Gasteiger partial charge on any atom is 0.222 e. The average molecular weight is 442 g/mol. The van der Waals surface area contributed by atoms with Crippen molar-refractivity contribution in [3.8, 4) is 17.4 Å². The summed E-state index contributed by atoms with van der Waals surface area (Å²) in [5, 5.41) is 2.88. The van der Waals surface area contributed by atoms with Gasteiger partial charge in [-0.1, -0.05) is 32.0 Å². The molecule has 0 unspecified atom stereocenters. The van der Waals surface area contributed by atoms with Crippen LogP contribution in [-0.2, 0) is 16.1 Å². The van der Waals surface area contributed by atoms with Crippen LogP contribution in [-0.4, -0.2) is 41.4 Å². The van der Waals surface area contributed by atoms with Crippen LogP contribution < -0.4 is 14.8 Å². The fraction of sp³-hybridized carbons (Fsp3) is 0.480. The first kappa shape index (κ1) is 25.2. The summed E-state index contributed by atoms with van der Waals surface area (Å²) in [6.45, 7) is 8.55. The van der Waals surface area contributed by atoms with Crippen molar-refractivity contribution in [3.63, 3.8) is 0 Å². The Morgan fingerprint density at radius 1 is 0.969 bits per heavy atom. The van der Waals surface area contributed by atoms with Crippen LogP contribution in [0.5, 0.6) is 17.4 Å². The van der Waals surface area contributed by atoms with Gasteiger partial charge in [0, 0.05) is 44.7 Å². The van der Waals surface area contributed by atoms with Gasteiger partial charge in [-0.3, -0.25) is 9.59 Å². The minimum absolute atomic E-state index is 0.0682. The maximum atomic E-state index is 12.3. The van der Waals surface area contributed by atoms with Crippen LogP contribution in [0.1, 0.15) is 58.4 Å². The number of rotatable bonds is 14. The number of hydrogen-bond donors (Lipinski definition) is 1. The van der Waals surface area contributed by atoms with Crippen LogP contribution in [0.15, 0.2) is 42.6 Å². The van der Waals surface area contributed by atoms with Gasteiger partial charge in [0.15, 0.2) is 11.5 Å². The molecule has 0 bridgehead atoms. The summed E-state index contributed by atoms with van der Waals surface area (Å²) in [6.07, 6.45) is 4.87. The quantitative estimate of drug-likeness (QED) is 0.459. The SMILES string of the molecule is CCCN(CCC)C(=O)CCCC(=O)NCc1ccc(Oc2ccccc2OCC)nc1. The Hall–Kier alpha value is -3.09. The number of carbonyl (C=O) groups is 2. The highest BCUT2D eigenvalue weighted by Gasteiger charge is 2.12.